The van der Waals surface area contributed by atoms with Crippen molar-refractivity contribution in [3.63, 3.8) is 0 Å². The predicted octanol–water partition coefficient (Wildman–Crippen LogP) is 0.815. The zero-order valence-electron chi connectivity index (χ0n) is 13.0. The fourth-order valence-electron chi connectivity index (χ4n) is 2.81. The zero-order chi connectivity index (χ0) is 16.2. The van der Waals surface area contributed by atoms with Gasteiger partial charge in [-0.15, -0.1) is 0 Å². The summed E-state index contributed by atoms with van der Waals surface area (Å²) in [4.78, 5) is 24.6. The van der Waals surface area contributed by atoms with E-state index in [1.54, 1.807) is 7.11 Å². The molecule has 0 spiro atoms. The van der Waals surface area contributed by atoms with Gasteiger partial charge < -0.3 is 19.5 Å². The van der Waals surface area contributed by atoms with Crippen LogP contribution in [0.15, 0.2) is 18.2 Å². The smallest absolute Gasteiger partial charge is 0.410 e. The van der Waals surface area contributed by atoms with E-state index in [0.29, 0.717) is 26.3 Å². The number of carbonyl (C=O) groups excluding carboxylic acids is 2. The first kappa shape index (κ1) is 15.5. The first-order valence-corrected chi connectivity index (χ1v) is 7.64. The van der Waals surface area contributed by atoms with E-state index in [1.165, 1.54) is 4.90 Å². The first-order chi connectivity index (χ1) is 11.2. The SMILES string of the molecule is COc1cccc2c1OCC(CNC(=O)CN1CCOC1=O)C2. The number of carbonyl (C=O) groups is 2. The summed E-state index contributed by atoms with van der Waals surface area (Å²) in [6.45, 7) is 1.89. The van der Waals surface area contributed by atoms with Crippen molar-refractivity contribution >= 4 is 12.0 Å². The fourth-order valence-corrected chi connectivity index (χ4v) is 2.81. The maximum atomic E-state index is 11.9. The van der Waals surface area contributed by atoms with E-state index in [4.69, 9.17) is 14.2 Å². The molecule has 0 saturated carbocycles. The van der Waals surface area contributed by atoms with Gasteiger partial charge in [-0.1, -0.05) is 12.1 Å². The second-order valence-corrected chi connectivity index (χ2v) is 5.67. The highest BCUT2D eigenvalue weighted by Crippen LogP contribution is 2.35. The molecule has 7 heteroatoms. The standard InChI is InChI=1S/C16H20N2O5/c1-21-13-4-2-3-12-7-11(10-23-15(12)13)8-17-14(19)9-18-5-6-22-16(18)20/h2-4,11H,5-10H2,1H3,(H,17,19). The number of hydrogen-bond donors (Lipinski definition) is 1. The van der Waals surface area contributed by atoms with E-state index in [9.17, 15) is 9.59 Å². The van der Waals surface area contributed by atoms with E-state index in [1.807, 2.05) is 18.2 Å². The molecule has 124 valence electrons. The number of para-hydroxylation sites is 1. The Kier molecular flexibility index (Phi) is 4.55. The molecule has 1 saturated heterocycles. The zero-order valence-corrected chi connectivity index (χ0v) is 13.0. The number of cyclic esters (lactones) is 1. The highest BCUT2D eigenvalue weighted by atomic mass is 16.6. The summed E-state index contributed by atoms with van der Waals surface area (Å²) in [5, 5.41) is 2.86. The average molecular weight is 320 g/mol. The molecule has 2 amide bonds. The second-order valence-electron chi connectivity index (χ2n) is 5.67. The topological polar surface area (TPSA) is 77.1 Å². The van der Waals surface area contributed by atoms with Crippen LogP contribution in [0.25, 0.3) is 0 Å². The summed E-state index contributed by atoms with van der Waals surface area (Å²) in [5.41, 5.74) is 1.08. The number of methoxy groups -OCH3 is 1. The minimum Gasteiger partial charge on any atom is -0.493 e. The third-order valence-corrected chi connectivity index (χ3v) is 4.02. The molecule has 0 radical (unpaired) electrons. The number of ether oxygens (including phenoxy) is 3. The van der Waals surface area contributed by atoms with Gasteiger partial charge in [0.15, 0.2) is 11.5 Å². The highest BCUT2D eigenvalue weighted by Gasteiger charge is 2.26. The van der Waals surface area contributed by atoms with Gasteiger partial charge in [-0.3, -0.25) is 9.69 Å². The van der Waals surface area contributed by atoms with Gasteiger partial charge in [-0.25, -0.2) is 4.79 Å². The van der Waals surface area contributed by atoms with Crippen molar-refractivity contribution in [2.45, 2.75) is 6.42 Å². The number of rotatable bonds is 5. The lowest BCUT2D eigenvalue weighted by molar-refractivity contribution is -0.121. The molecule has 2 aliphatic rings. The normalized spacial score (nSPS) is 19.6. The van der Waals surface area contributed by atoms with Gasteiger partial charge >= 0.3 is 6.09 Å². The Balaban J connectivity index is 1.50. The maximum absolute atomic E-state index is 11.9. The van der Waals surface area contributed by atoms with Gasteiger partial charge in [0.25, 0.3) is 0 Å². The van der Waals surface area contributed by atoms with Crippen LogP contribution >= 0.6 is 0 Å². The fraction of sp³-hybridized carbons (Fsp3) is 0.500. The van der Waals surface area contributed by atoms with Crippen LogP contribution in [0, 0.1) is 5.92 Å². The Hall–Kier alpha value is -2.44. The third kappa shape index (κ3) is 3.49. The highest BCUT2D eigenvalue weighted by molar-refractivity contribution is 5.82. The molecule has 7 nitrogen and oxygen atoms in total. The minimum absolute atomic E-state index is 0.0385. The number of nitrogens with one attached hydrogen (secondary N) is 1. The van der Waals surface area contributed by atoms with Crippen molar-refractivity contribution in [1.82, 2.24) is 10.2 Å². The van der Waals surface area contributed by atoms with Crippen molar-refractivity contribution in [3.8, 4) is 11.5 Å². The maximum Gasteiger partial charge on any atom is 0.410 e. The van der Waals surface area contributed by atoms with E-state index in [2.05, 4.69) is 5.32 Å². The largest absolute Gasteiger partial charge is 0.493 e. The van der Waals surface area contributed by atoms with Crippen LogP contribution in [0.2, 0.25) is 0 Å². The first-order valence-electron chi connectivity index (χ1n) is 7.64. The Labute approximate surface area is 134 Å². The molecule has 0 bridgehead atoms. The van der Waals surface area contributed by atoms with Crippen LogP contribution in [0.1, 0.15) is 5.56 Å². The number of benzene rings is 1. The Morgan fingerprint density at radius 2 is 2.30 bits per heavy atom. The van der Waals surface area contributed by atoms with Crippen molar-refractivity contribution in [2.24, 2.45) is 5.92 Å². The molecule has 23 heavy (non-hydrogen) atoms. The number of nitrogens with zero attached hydrogens (tertiary/aromatic N) is 1. The van der Waals surface area contributed by atoms with Crippen LogP contribution in [-0.2, 0) is 16.0 Å². The molecule has 1 fully saturated rings. The molecular weight excluding hydrogens is 300 g/mol. The van der Waals surface area contributed by atoms with Crippen LogP contribution in [-0.4, -0.2) is 56.9 Å². The molecule has 2 aliphatic heterocycles. The van der Waals surface area contributed by atoms with E-state index >= 15 is 0 Å². The van der Waals surface area contributed by atoms with Crippen molar-refractivity contribution in [3.05, 3.63) is 23.8 Å². The monoisotopic (exact) mass is 320 g/mol. The Morgan fingerprint density at radius 3 is 3.04 bits per heavy atom. The molecule has 1 N–H and O–H groups in total. The summed E-state index contributed by atoms with van der Waals surface area (Å²) in [6.07, 6.45) is 0.389. The molecule has 1 unspecified atom stereocenters. The lowest BCUT2D eigenvalue weighted by atomic mass is 9.96. The summed E-state index contributed by atoms with van der Waals surface area (Å²) in [6, 6.07) is 5.81. The van der Waals surface area contributed by atoms with Crippen molar-refractivity contribution in [2.75, 3.05) is 40.0 Å². The van der Waals surface area contributed by atoms with Crippen LogP contribution in [0.5, 0.6) is 11.5 Å². The molecule has 1 aromatic carbocycles. The van der Waals surface area contributed by atoms with Crippen LogP contribution in [0.3, 0.4) is 0 Å². The van der Waals surface area contributed by atoms with E-state index in [-0.39, 0.29) is 18.4 Å². The summed E-state index contributed by atoms with van der Waals surface area (Å²) in [7, 11) is 1.62. The third-order valence-electron chi connectivity index (χ3n) is 4.02. The number of fused-ring (bicyclic) bond motifs is 1. The molecule has 2 heterocycles. The van der Waals surface area contributed by atoms with Gasteiger partial charge in [0.05, 0.1) is 20.3 Å². The van der Waals surface area contributed by atoms with Gasteiger partial charge in [0.2, 0.25) is 5.91 Å². The van der Waals surface area contributed by atoms with Gasteiger partial charge in [-0.2, -0.15) is 0 Å². The predicted molar refractivity (Wildman–Crippen MR) is 81.6 cm³/mol. The molecular formula is C16H20N2O5. The molecule has 3 rings (SSSR count). The molecule has 0 aromatic heterocycles. The van der Waals surface area contributed by atoms with Crippen LogP contribution in [0.4, 0.5) is 4.79 Å². The van der Waals surface area contributed by atoms with Crippen LogP contribution < -0.4 is 14.8 Å². The minimum atomic E-state index is -0.429. The average Bonchev–Trinajstić information content (AvgIpc) is 2.97. The van der Waals surface area contributed by atoms with Gasteiger partial charge in [-0.05, 0) is 18.1 Å². The summed E-state index contributed by atoms with van der Waals surface area (Å²) in [5.74, 6) is 1.54. The summed E-state index contributed by atoms with van der Waals surface area (Å²) < 4.78 is 15.9. The van der Waals surface area contributed by atoms with E-state index in [0.717, 1.165) is 23.5 Å². The Morgan fingerprint density at radius 1 is 1.43 bits per heavy atom. The van der Waals surface area contributed by atoms with E-state index < -0.39 is 6.09 Å². The summed E-state index contributed by atoms with van der Waals surface area (Å²) >= 11 is 0. The molecule has 1 atom stereocenters. The lowest BCUT2D eigenvalue weighted by Gasteiger charge is -2.26. The lowest BCUT2D eigenvalue weighted by Crippen LogP contribution is -2.41. The number of hydrogen-bond acceptors (Lipinski definition) is 5. The van der Waals surface area contributed by atoms with Gasteiger partial charge in [0.1, 0.15) is 13.2 Å². The van der Waals surface area contributed by atoms with Crippen molar-refractivity contribution in [1.29, 1.82) is 0 Å². The Bertz CT molecular complexity index is 604. The van der Waals surface area contributed by atoms with Gasteiger partial charge in [0, 0.05) is 12.5 Å². The quantitative estimate of drug-likeness (QED) is 0.869. The van der Waals surface area contributed by atoms with Crippen molar-refractivity contribution < 1.29 is 23.8 Å². The molecule has 1 aromatic rings. The molecule has 0 aliphatic carbocycles. The number of amides is 2. The second kappa shape index (κ2) is 6.76.